The Morgan fingerprint density at radius 2 is 2.13 bits per heavy atom. The molecule has 0 atom stereocenters. The first kappa shape index (κ1) is 11.9. The summed E-state index contributed by atoms with van der Waals surface area (Å²) in [6.07, 6.45) is 0.607. The first-order chi connectivity index (χ1) is 7.15. The Morgan fingerprint density at radius 1 is 1.40 bits per heavy atom. The van der Waals surface area contributed by atoms with E-state index in [1.54, 1.807) is 0 Å². The van der Waals surface area contributed by atoms with Crippen LogP contribution in [0.15, 0.2) is 18.2 Å². The molecule has 0 saturated carbocycles. The fourth-order valence-corrected chi connectivity index (χ4v) is 1.17. The Hall–Kier alpha value is -1.16. The Balaban J connectivity index is 2.65. The van der Waals surface area contributed by atoms with Gasteiger partial charge in [0.1, 0.15) is 11.6 Å². The predicted molar refractivity (Wildman–Crippen MR) is 54.0 cm³/mol. The SMILES string of the molecule is O=C(NCCCCl)c1ccc(F)cc1F. The number of benzene rings is 1. The van der Waals surface area contributed by atoms with Gasteiger partial charge in [-0.15, -0.1) is 11.6 Å². The third kappa shape index (κ3) is 3.47. The standard InChI is InChI=1S/C10H10ClF2NO/c11-4-1-5-14-10(15)8-3-2-7(12)6-9(8)13/h2-3,6H,1,4-5H2,(H,14,15). The first-order valence-electron chi connectivity index (χ1n) is 4.44. The van der Waals surface area contributed by atoms with E-state index in [0.29, 0.717) is 24.9 Å². The highest BCUT2D eigenvalue weighted by Crippen LogP contribution is 2.09. The molecule has 1 rings (SSSR count). The van der Waals surface area contributed by atoms with Gasteiger partial charge in [-0.05, 0) is 18.6 Å². The van der Waals surface area contributed by atoms with Gasteiger partial charge in [-0.3, -0.25) is 4.79 Å². The molecule has 0 fully saturated rings. The summed E-state index contributed by atoms with van der Waals surface area (Å²) in [5.74, 6) is -1.70. The molecule has 15 heavy (non-hydrogen) atoms. The molecular formula is C10H10ClF2NO. The number of halogens is 3. The molecule has 1 N–H and O–H groups in total. The van der Waals surface area contributed by atoms with Crippen LogP contribution in [0.4, 0.5) is 8.78 Å². The van der Waals surface area contributed by atoms with Crippen molar-refractivity contribution in [2.45, 2.75) is 6.42 Å². The maximum absolute atomic E-state index is 13.1. The number of carbonyl (C=O) groups excluding carboxylic acids is 1. The minimum atomic E-state index is -0.863. The van der Waals surface area contributed by atoms with Crippen molar-refractivity contribution in [1.29, 1.82) is 0 Å². The molecule has 0 spiro atoms. The molecule has 1 aromatic rings. The molecular weight excluding hydrogens is 224 g/mol. The van der Waals surface area contributed by atoms with E-state index in [4.69, 9.17) is 11.6 Å². The summed E-state index contributed by atoms with van der Waals surface area (Å²) in [6.45, 7) is 0.374. The molecule has 0 aliphatic rings. The van der Waals surface area contributed by atoms with Crippen LogP contribution in [0.25, 0.3) is 0 Å². The van der Waals surface area contributed by atoms with Crippen LogP contribution in [0.1, 0.15) is 16.8 Å². The summed E-state index contributed by atoms with van der Waals surface area (Å²) in [6, 6.07) is 2.83. The molecule has 82 valence electrons. The number of amides is 1. The molecule has 0 unspecified atom stereocenters. The molecule has 0 heterocycles. The van der Waals surface area contributed by atoms with Crippen LogP contribution in [-0.4, -0.2) is 18.3 Å². The van der Waals surface area contributed by atoms with Crippen LogP contribution in [0.3, 0.4) is 0 Å². The van der Waals surface area contributed by atoms with Gasteiger partial charge in [0.25, 0.3) is 5.91 Å². The van der Waals surface area contributed by atoms with Gasteiger partial charge >= 0.3 is 0 Å². The number of nitrogens with one attached hydrogen (secondary N) is 1. The van der Waals surface area contributed by atoms with E-state index in [-0.39, 0.29) is 5.56 Å². The highest BCUT2D eigenvalue weighted by molar-refractivity contribution is 6.17. The number of carbonyl (C=O) groups is 1. The summed E-state index contributed by atoms with van der Waals surface area (Å²) in [5.41, 5.74) is -0.161. The lowest BCUT2D eigenvalue weighted by molar-refractivity contribution is 0.0949. The van der Waals surface area contributed by atoms with Gasteiger partial charge in [0.2, 0.25) is 0 Å². The van der Waals surface area contributed by atoms with Crippen molar-refractivity contribution in [2.24, 2.45) is 0 Å². The van der Waals surface area contributed by atoms with Gasteiger partial charge in [0.15, 0.2) is 0 Å². The van der Waals surface area contributed by atoms with Crippen LogP contribution >= 0.6 is 11.6 Å². The van der Waals surface area contributed by atoms with Crippen molar-refractivity contribution in [3.8, 4) is 0 Å². The van der Waals surface area contributed by atoms with Gasteiger partial charge in [0, 0.05) is 18.5 Å². The van der Waals surface area contributed by atoms with Gasteiger partial charge in [-0.1, -0.05) is 0 Å². The maximum Gasteiger partial charge on any atom is 0.254 e. The quantitative estimate of drug-likeness (QED) is 0.628. The largest absolute Gasteiger partial charge is 0.352 e. The molecule has 2 nitrogen and oxygen atoms in total. The third-order valence-electron chi connectivity index (χ3n) is 1.77. The minimum Gasteiger partial charge on any atom is -0.352 e. The smallest absolute Gasteiger partial charge is 0.254 e. The molecule has 0 aromatic heterocycles. The van der Waals surface area contributed by atoms with Gasteiger partial charge < -0.3 is 5.32 Å². The molecule has 1 aromatic carbocycles. The molecule has 5 heteroatoms. The lowest BCUT2D eigenvalue weighted by atomic mass is 10.2. The van der Waals surface area contributed by atoms with E-state index in [2.05, 4.69) is 5.32 Å². The number of rotatable bonds is 4. The number of hydrogen-bond acceptors (Lipinski definition) is 1. The zero-order chi connectivity index (χ0) is 11.3. The summed E-state index contributed by atoms with van der Waals surface area (Å²) >= 11 is 5.41. The Bertz CT molecular complexity index is 357. The van der Waals surface area contributed by atoms with Crippen molar-refractivity contribution < 1.29 is 13.6 Å². The first-order valence-corrected chi connectivity index (χ1v) is 4.98. The lowest BCUT2D eigenvalue weighted by Crippen LogP contribution is -2.25. The highest BCUT2D eigenvalue weighted by atomic mass is 35.5. The van der Waals surface area contributed by atoms with Crippen molar-refractivity contribution in [2.75, 3.05) is 12.4 Å². The van der Waals surface area contributed by atoms with E-state index >= 15 is 0 Å². The second kappa shape index (κ2) is 5.66. The van der Waals surface area contributed by atoms with Crippen LogP contribution in [-0.2, 0) is 0 Å². The highest BCUT2D eigenvalue weighted by Gasteiger charge is 2.11. The second-order valence-corrected chi connectivity index (χ2v) is 3.30. The van der Waals surface area contributed by atoms with Crippen molar-refractivity contribution in [3.63, 3.8) is 0 Å². The van der Waals surface area contributed by atoms with Crippen molar-refractivity contribution >= 4 is 17.5 Å². The van der Waals surface area contributed by atoms with Crippen LogP contribution in [0, 0.1) is 11.6 Å². The number of alkyl halides is 1. The molecule has 0 saturated heterocycles. The third-order valence-corrected chi connectivity index (χ3v) is 2.04. The van der Waals surface area contributed by atoms with E-state index in [0.717, 1.165) is 12.1 Å². The Labute approximate surface area is 91.2 Å². The molecule has 1 amide bonds. The zero-order valence-electron chi connectivity index (χ0n) is 7.90. The normalized spacial score (nSPS) is 10.1. The fourth-order valence-electron chi connectivity index (χ4n) is 1.04. The average molecular weight is 234 g/mol. The summed E-state index contributed by atoms with van der Waals surface area (Å²) in [4.78, 5) is 11.3. The van der Waals surface area contributed by atoms with Crippen molar-refractivity contribution in [1.82, 2.24) is 5.32 Å². The Morgan fingerprint density at radius 3 is 2.73 bits per heavy atom. The van der Waals surface area contributed by atoms with Crippen LogP contribution in [0.2, 0.25) is 0 Å². The lowest BCUT2D eigenvalue weighted by Gasteiger charge is -2.04. The predicted octanol–water partition coefficient (Wildman–Crippen LogP) is 2.32. The molecule has 0 aliphatic carbocycles. The van der Waals surface area contributed by atoms with Crippen molar-refractivity contribution in [3.05, 3.63) is 35.4 Å². The van der Waals surface area contributed by atoms with E-state index < -0.39 is 17.5 Å². The summed E-state index contributed by atoms with van der Waals surface area (Å²) < 4.78 is 25.6. The Kier molecular flexibility index (Phi) is 4.49. The molecule has 0 aliphatic heterocycles. The number of hydrogen-bond donors (Lipinski definition) is 1. The van der Waals surface area contributed by atoms with Gasteiger partial charge in [0.05, 0.1) is 5.56 Å². The van der Waals surface area contributed by atoms with Gasteiger partial charge in [-0.25, -0.2) is 8.78 Å². The second-order valence-electron chi connectivity index (χ2n) is 2.92. The van der Waals surface area contributed by atoms with E-state index in [1.165, 1.54) is 0 Å². The van der Waals surface area contributed by atoms with Crippen LogP contribution in [0.5, 0.6) is 0 Å². The monoisotopic (exact) mass is 233 g/mol. The average Bonchev–Trinajstić information content (AvgIpc) is 2.17. The maximum atomic E-state index is 13.1. The topological polar surface area (TPSA) is 29.1 Å². The zero-order valence-corrected chi connectivity index (χ0v) is 8.65. The van der Waals surface area contributed by atoms with E-state index in [9.17, 15) is 13.6 Å². The summed E-state index contributed by atoms with van der Waals surface area (Å²) in [5, 5.41) is 2.47. The van der Waals surface area contributed by atoms with E-state index in [1.807, 2.05) is 0 Å². The molecule has 0 bridgehead atoms. The van der Waals surface area contributed by atoms with Gasteiger partial charge in [-0.2, -0.15) is 0 Å². The minimum absolute atomic E-state index is 0.161. The van der Waals surface area contributed by atoms with Crippen LogP contribution < -0.4 is 5.32 Å². The fraction of sp³-hybridized carbons (Fsp3) is 0.300. The molecule has 0 radical (unpaired) electrons. The summed E-state index contributed by atoms with van der Waals surface area (Å²) in [7, 11) is 0.